The summed E-state index contributed by atoms with van der Waals surface area (Å²) in [6.07, 6.45) is 6.66. The van der Waals surface area contributed by atoms with Gasteiger partial charge in [-0.25, -0.2) is 4.79 Å². The van der Waals surface area contributed by atoms with Gasteiger partial charge in [0.05, 0.1) is 12.6 Å². The number of hydrogen-bond donors (Lipinski definition) is 3. The van der Waals surface area contributed by atoms with Gasteiger partial charge in [-0.2, -0.15) is 0 Å². The van der Waals surface area contributed by atoms with Crippen LogP contribution in [0.2, 0.25) is 0 Å². The monoisotopic (exact) mass is 243 g/mol. The molecule has 0 aliphatic heterocycles. The molecule has 2 amide bonds. The average Bonchev–Trinajstić information content (AvgIpc) is 2.30. The lowest BCUT2D eigenvalue weighted by molar-refractivity contribution is 0.161. The Morgan fingerprint density at radius 2 is 2.12 bits per heavy atom. The van der Waals surface area contributed by atoms with E-state index >= 15 is 0 Å². The van der Waals surface area contributed by atoms with Gasteiger partial charge in [0.15, 0.2) is 0 Å². The van der Waals surface area contributed by atoms with E-state index in [0.717, 1.165) is 19.3 Å². The second-order valence-electron chi connectivity index (χ2n) is 4.68. The first-order valence-electron chi connectivity index (χ1n) is 6.52. The van der Waals surface area contributed by atoms with Crippen molar-refractivity contribution < 1.29 is 9.53 Å². The number of urea groups is 1. The SMILES string of the molecule is COCC(CCN)NC(=O)NC1CCCCC1. The smallest absolute Gasteiger partial charge is 0.315 e. The highest BCUT2D eigenvalue weighted by atomic mass is 16.5. The second kappa shape index (κ2) is 8.31. The van der Waals surface area contributed by atoms with Gasteiger partial charge in [-0.05, 0) is 25.8 Å². The van der Waals surface area contributed by atoms with Gasteiger partial charge in [0.2, 0.25) is 0 Å². The first-order chi connectivity index (χ1) is 8.26. The Morgan fingerprint density at radius 1 is 1.41 bits per heavy atom. The molecule has 1 saturated carbocycles. The number of hydrogen-bond acceptors (Lipinski definition) is 3. The van der Waals surface area contributed by atoms with Crippen molar-refractivity contribution in [1.82, 2.24) is 10.6 Å². The van der Waals surface area contributed by atoms with Crippen LogP contribution in [0.1, 0.15) is 38.5 Å². The Balaban J connectivity index is 2.25. The molecule has 1 fully saturated rings. The van der Waals surface area contributed by atoms with Crippen LogP contribution in [0, 0.1) is 0 Å². The van der Waals surface area contributed by atoms with Crippen molar-refractivity contribution in [3.8, 4) is 0 Å². The lowest BCUT2D eigenvalue weighted by atomic mass is 9.96. The predicted molar refractivity (Wildman–Crippen MR) is 67.9 cm³/mol. The van der Waals surface area contributed by atoms with Crippen LogP contribution in [-0.4, -0.2) is 38.4 Å². The van der Waals surface area contributed by atoms with Crippen molar-refractivity contribution >= 4 is 6.03 Å². The van der Waals surface area contributed by atoms with Crippen molar-refractivity contribution in [3.63, 3.8) is 0 Å². The third-order valence-electron chi connectivity index (χ3n) is 3.16. The molecule has 1 aliphatic carbocycles. The molecule has 1 unspecified atom stereocenters. The molecule has 100 valence electrons. The van der Waals surface area contributed by atoms with Gasteiger partial charge in [-0.15, -0.1) is 0 Å². The fraction of sp³-hybridized carbons (Fsp3) is 0.917. The number of carbonyl (C=O) groups excluding carboxylic acids is 1. The van der Waals surface area contributed by atoms with Crippen LogP contribution in [0.15, 0.2) is 0 Å². The fourth-order valence-electron chi connectivity index (χ4n) is 2.26. The number of ether oxygens (including phenoxy) is 1. The highest BCUT2D eigenvalue weighted by Crippen LogP contribution is 2.17. The Labute approximate surface area is 103 Å². The molecule has 0 bridgehead atoms. The molecular weight excluding hydrogens is 218 g/mol. The van der Waals surface area contributed by atoms with Crippen molar-refractivity contribution in [3.05, 3.63) is 0 Å². The number of rotatable bonds is 6. The molecule has 0 heterocycles. The van der Waals surface area contributed by atoms with Crippen LogP contribution in [0.3, 0.4) is 0 Å². The molecule has 0 spiro atoms. The molecule has 0 aromatic rings. The largest absolute Gasteiger partial charge is 0.383 e. The molecule has 17 heavy (non-hydrogen) atoms. The van der Waals surface area contributed by atoms with E-state index in [1.54, 1.807) is 7.11 Å². The predicted octanol–water partition coefficient (Wildman–Crippen LogP) is 0.982. The molecular formula is C12H25N3O2. The molecule has 1 rings (SSSR count). The summed E-state index contributed by atoms with van der Waals surface area (Å²) in [6, 6.07) is 0.255. The Bertz CT molecular complexity index is 212. The summed E-state index contributed by atoms with van der Waals surface area (Å²) in [7, 11) is 1.63. The first kappa shape index (κ1) is 14.3. The summed E-state index contributed by atoms with van der Waals surface area (Å²) in [5.41, 5.74) is 5.49. The lowest BCUT2D eigenvalue weighted by Gasteiger charge is -2.24. The van der Waals surface area contributed by atoms with Gasteiger partial charge in [-0.3, -0.25) is 0 Å². The van der Waals surface area contributed by atoms with E-state index in [-0.39, 0.29) is 12.1 Å². The standard InChI is InChI=1S/C12H25N3O2/c1-17-9-11(7-8-13)15-12(16)14-10-5-3-2-4-6-10/h10-11H,2-9,13H2,1H3,(H2,14,15,16). The zero-order chi connectivity index (χ0) is 12.5. The maximum Gasteiger partial charge on any atom is 0.315 e. The highest BCUT2D eigenvalue weighted by Gasteiger charge is 2.17. The zero-order valence-corrected chi connectivity index (χ0v) is 10.7. The molecule has 0 aromatic carbocycles. The van der Waals surface area contributed by atoms with E-state index in [0.29, 0.717) is 19.2 Å². The summed E-state index contributed by atoms with van der Waals surface area (Å²) >= 11 is 0. The molecule has 5 heteroatoms. The van der Waals surface area contributed by atoms with Gasteiger partial charge in [0, 0.05) is 13.2 Å². The van der Waals surface area contributed by atoms with Gasteiger partial charge in [0.25, 0.3) is 0 Å². The number of nitrogens with one attached hydrogen (secondary N) is 2. The molecule has 4 N–H and O–H groups in total. The number of nitrogens with two attached hydrogens (primary N) is 1. The Morgan fingerprint density at radius 3 is 2.71 bits per heavy atom. The van der Waals surface area contributed by atoms with Gasteiger partial charge in [-0.1, -0.05) is 19.3 Å². The third kappa shape index (κ3) is 5.89. The molecule has 1 atom stereocenters. The van der Waals surface area contributed by atoms with E-state index in [4.69, 9.17) is 10.5 Å². The van der Waals surface area contributed by atoms with Crippen molar-refractivity contribution in [1.29, 1.82) is 0 Å². The fourth-order valence-corrected chi connectivity index (χ4v) is 2.26. The van der Waals surface area contributed by atoms with E-state index in [1.807, 2.05) is 0 Å². The summed E-state index contributed by atoms with van der Waals surface area (Å²) in [5.74, 6) is 0. The highest BCUT2D eigenvalue weighted by molar-refractivity contribution is 5.74. The van der Waals surface area contributed by atoms with Crippen LogP contribution in [0.4, 0.5) is 4.79 Å². The normalized spacial score (nSPS) is 18.7. The second-order valence-corrected chi connectivity index (χ2v) is 4.68. The number of amides is 2. The molecule has 0 radical (unpaired) electrons. The molecule has 0 saturated heterocycles. The zero-order valence-electron chi connectivity index (χ0n) is 10.7. The number of carbonyl (C=O) groups is 1. The van der Waals surface area contributed by atoms with Crippen molar-refractivity contribution in [2.75, 3.05) is 20.3 Å². The third-order valence-corrected chi connectivity index (χ3v) is 3.16. The maximum absolute atomic E-state index is 11.8. The van der Waals surface area contributed by atoms with Crippen molar-refractivity contribution in [2.45, 2.75) is 50.6 Å². The molecule has 0 aromatic heterocycles. The maximum atomic E-state index is 11.8. The minimum absolute atomic E-state index is 0.00795. The first-order valence-corrected chi connectivity index (χ1v) is 6.52. The summed E-state index contributed by atoms with van der Waals surface area (Å²) < 4.78 is 5.05. The van der Waals surface area contributed by atoms with Crippen LogP contribution >= 0.6 is 0 Å². The number of methoxy groups -OCH3 is 1. The topological polar surface area (TPSA) is 76.4 Å². The van der Waals surface area contributed by atoms with Crippen LogP contribution in [0.5, 0.6) is 0 Å². The Hall–Kier alpha value is -0.810. The average molecular weight is 243 g/mol. The van der Waals surface area contributed by atoms with Crippen LogP contribution < -0.4 is 16.4 Å². The minimum Gasteiger partial charge on any atom is -0.383 e. The van der Waals surface area contributed by atoms with Crippen molar-refractivity contribution in [2.24, 2.45) is 5.73 Å². The van der Waals surface area contributed by atoms with Gasteiger partial charge < -0.3 is 21.1 Å². The minimum atomic E-state index is -0.0904. The Kier molecular flexibility index (Phi) is 6.96. The lowest BCUT2D eigenvalue weighted by Crippen LogP contribution is -2.48. The summed E-state index contributed by atoms with van der Waals surface area (Å²) in [4.78, 5) is 11.8. The molecule has 1 aliphatic rings. The van der Waals surface area contributed by atoms with E-state index in [9.17, 15) is 4.79 Å². The molecule has 5 nitrogen and oxygen atoms in total. The quantitative estimate of drug-likeness (QED) is 0.651. The van der Waals surface area contributed by atoms with E-state index < -0.39 is 0 Å². The van der Waals surface area contributed by atoms with Crippen LogP contribution in [0.25, 0.3) is 0 Å². The van der Waals surface area contributed by atoms with Crippen LogP contribution in [-0.2, 0) is 4.74 Å². The van der Waals surface area contributed by atoms with Gasteiger partial charge >= 0.3 is 6.03 Å². The summed E-state index contributed by atoms with van der Waals surface area (Å²) in [6.45, 7) is 1.06. The summed E-state index contributed by atoms with van der Waals surface area (Å²) in [5, 5.41) is 5.93. The van der Waals surface area contributed by atoms with E-state index in [2.05, 4.69) is 10.6 Å². The van der Waals surface area contributed by atoms with E-state index in [1.165, 1.54) is 19.3 Å². The van der Waals surface area contributed by atoms with Gasteiger partial charge in [0.1, 0.15) is 0 Å².